The van der Waals surface area contributed by atoms with Crippen LogP contribution in [0.25, 0.3) is 22.3 Å². The van der Waals surface area contributed by atoms with E-state index >= 15 is 0 Å². The summed E-state index contributed by atoms with van der Waals surface area (Å²) in [6.45, 7) is 3.00. The molecule has 5 heteroatoms. The van der Waals surface area contributed by atoms with Crippen molar-refractivity contribution in [2.45, 2.75) is 31.9 Å². The standard InChI is InChI=1S/C19H20N4O/c1-13(17-9-5-11-24-17)21-19-15-7-2-3-8-16(15)22-18(23-19)14-6-4-10-20-12-14/h2-4,6-8,10,12-13,17H,5,9,11H2,1H3,(H,21,22,23). The number of ether oxygens (including phenoxy) is 1. The maximum Gasteiger partial charge on any atom is 0.163 e. The average Bonchev–Trinajstić information content (AvgIpc) is 3.17. The second-order valence-electron chi connectivity index (χ2n) is 6.14. The summed E-state index contributed by atoms with van der Waals surface area (Å²) < 4.78 is 5.80. The molecule has 1 fully saturated rings. The van der Waals surface area contributed by atoms with Gasteiger partial charge in [-0.3, -0.25) is 4.98 Å². The Bertz CT molecular complexity index is 831. The number of nitrogens with zero attached hydrogens (tertiary/aromatic N) is 3. The Morgan fingerprint density at radius 1 is 1.17 bits per heavy atom. The van der Waals surface area contributed by atoms with Gasteiger partial charge in [-0.15, -0.1) is 0 Å². The van der Waals surface area contributed by atoms with E-state index < -0.39 is 0 Å². The number of aromatic nitrogens is 3. The normalized spacial score (nSPS) is 18.6. The molecule has 1 aliphatic heterocycles. The molecule has 3 aromatic rings. The quantitative estimate of drug-likeness (QED) is 0.795. The minimum atomic E-state index is 0.201. The maximum absolute atomic E-state index is 5.80. The molecule has 0 aliphatic carbocycles. The van der Waals surface area contributed by atoms with Gasteiger partial charge in [0.25, 0.3) is 0 Å². The van der Waals surface area contributed by atoms with Crippen molar-refractivity contribution in [2.24, 2.45) is 0 Å². The van der Waals surface area contributed by atoms with Crippen LogP contribution in [0.4, 0.5) is 5.82 Å². The van der Waals surface area contributed by atoms with Gasteiger partial charge in [-0.2, -0.15) is 0 Å². The number of anilines is 1. The highest BCUT2D eigenvalue weighted by molar-refractivity contribution is 5.90. The summed E-state index contributed by atoms with van der Waals surface area (Å²) in [5.41, 5.74) is 1.84. The first-order valence-electron chi connectivity index (χ1n) is 8.36. The van der Waals surface area contributed by atoms with Crippen LogP contribution < -0.4 is 5.32 Å². The number of pyridine rings is 1. The molecule has 2 atom stereocenters. The van der Waals surface area contributed by atoms with Gasteiger partial charge in [0.2, 0.25) is 0 Å². The zero-order chi connectivity index (χ0) is 16.4. The van der Waals surface area contributed by atoms with Crippen molar-refractivity contribution in [1.29, 1.82) is 0 Å². The summed E-state index contributed by atoms with van der Waals surface area (Å²) >= 11 is 0. The van der Waals surface area contributed by atoms with Crippen molar-refractivity contribution in [3.8, 4) is 11.4 Å². The Morgan fingerprint density at radius 3 is 2.88 bits per heavy atom. The topological polar surface area (TPSA) is 59.9 Å². The predicted octanol–water partition coefficient (Wildman–Crippen LogP) is 3.67. The van der Waals surface area contributed by atoms with Crippen molar-refractivity contribution < 1.29 is 4.74 Å². The number of para-hydroxylation sites is 1. The van der Waals surface area contributed by atoms with Gasteiger partial charge < -0.3 is 10.1 Å². The minimum absolute atomic E-state index is 0.201. The first-order valence-corrected chi connectivity index (χ1v) is 8.36. The van der Waals surface area contributed by atoms with Gasteiger partial charge in [0.15, 0.2) is 5.82 Å². The Morgan fingerprint density at radius 2 is 2.08 bits per heavy atom. The molecule has 1 saturated heterocycles. The molecule has 0 spiro atoms. The summed E-state index contributed by atoms with van der Waals surface area (Å²) in [6, 6.07) is 12.1. The number of benzene rings is 1. The highest BCUT2D eigenvalue weighted by Gasteiger charge is 2.23. The number of nitrogens with one attached hydrogen (secondary N) is 1. The summed E-state index contributed by atoms with van der Waals surface area (Å²) in [5.74, 6) is 1.53. The van der Waals surface area contributed by atoms with Crippen LogP contribution >= 0.6 is 0 Å². The Labute approximate surface area is 141 Å². The lowest BCUT2D eigenvalue weighted by molar-refractivity contribution is 0.0996. The highest BCUT2D eigenvalue weighted by atomic mass is 16.5. The van der Waals surface area contributed by atoms with Crippen LogP contribution in [0.2, 0.25) is 0 Å². The van der Waals surface area contributed by atoms with E-state index in [1.165, 1.54) is 0 Å². The van der Waals surface area contributed by atoms with Gasteiger partial charge in [-0.05, 0) is 44.0 Å². The lowest BCUT2D eigenvalue weighted by Gasteiger charge is -2.21. The van der Waals surface area contributed by atoms with E-state index in [0.717, 1.165) is 41.7 Å². The van der Waals surface area contributed by atoms with Crippen LogP contribution in [0, 0.1) is 0 Å². The van der Waals surface area contributed by atoms with E-state index in [9.17, 15) is 0 Å². The smallest absolute Gasteiger partial charge is 0.163 e. The Balaban J connectivity index is 1.75. The third-order valence-electron chi connectivity index (χ3n) is 4.41. The molecule has 0 saturated carbocycles. The van der Waals surface area contributed by atoms with E-state index in [0.29, 0.717) is 5.82 Å². The molecule has 1 aromatic carbocycles. The van der Waals surface area contributed by atoms with Crippen LogP contribution in [0.15, 0.2) is 48.8 Å². The van der Waals surface area contributed by atoms with E-state index in [-0.39, 0.29) is 12.1 Å². The highest BCUT2D eigenvalue weighted by Crippen LogP contribution is 2.26. The van der Waals surface area contributed by atoms with Crippen LogP contribution in [0.5, 0.6) is 0 Å². The monoisotopic (exact) mass is 320 g/mol. The largest absolute Gasteiger partial charge is 0.376 e. The predicted molar refractivity (Wildman–Crippen MR) is 94.8 cm³/mol. The Hall–Kier alpha value is -2.53. The molecule has 1 aliphatic rings. The fourth-order valence-corrected chi connectivity index (χ4v) is 3.12. The van der Waals surface area contributed by atoms with Crippen molar-refractivity contribution in [3.63, 3.8) is 0 Å². The van der Waals surface area contributed by atoms with Crippen molar-refractivity contribution in [3.05, 3.63) is 48.8 Å². The number of rotatable bonds is 4. The molecule has 5 nitrogen and oxygen atoms in total. The number of hydrogen-bond acceptors (Lipinski definition) is 5. The van der Waals surface area contributed by atoms with Crippen molar-refractivity contribution in [2.75, 3.05) is 11.9 Å². The van der Waals surface area contributed by atoms with Crippen molar-refractivity contribution >= 4 is 16.7 Å². The average molecular weight is 320 g/mol. The fraction of sp³-hybridized carbons (Fsp3) is 0.316. The first-order chi connectivity index (χ1) is 11.8. The van der Waals surface area contributed by atoms with Crippen LogP contribution in [-0.4, -0.2) is 33.7 Å². The molecule has 3 heterocycles. The molecule has 1 N–H and O–H groups in total. The molecule has 0 bridgehead atoms. The molecule has 0 amide bonds. The lowest BCUT2D eigenvalue weighted by atomic mass is 10.1. The van der Waals surface area contributed by atoms with Crippen LogP contribution in [-0.2, 0) is 4.74 Å². The van der Waals surface area contributed by atoms with Crippen LogP contribution in [0.1, 0.15) is 19.8 Å². The zero-order valence-electron chi connectivity index (χ0n) is 13.6. The summed E-state index contributed by atoms with van der Waals surface area (Å²) in [4.78, 5) is 13.6. The molecule has 122 valence electrons. The molecular weight excluding hydrogens is 300 g/mol. The van der Waals surface area contributed by atoms with E-state index in [1.54, 1.807) is 12.4 Å². The molecule has 0 radical (unpaired) electrons. The lowest BCUT2D eigenvalue weighted by Crippen LogP contribution is -2.30. The third-order valence-corrected chi connectivity index (χ3v) is 4.41. The fourth-order valence-electron chi connectivity index (χ4n) is 3.12. The van der Waals surface area contributed by atoms with Gasteiger partial charge in [-0.1, -0.05) is 12.1 Å². The summed E-state index contributed by atoms with van der Waals surface area (Å²) in [5, 5.41) is 4.56. The summed E-state index contributed by atoms with van der Waals surface area (Å²) in [7, 11) is 0. The second-order valence-corrected chi connectivity index (χ2v) is 6.14. The van der Waals surface area contributed by atoms with Gasteiger partial charge >= 0.3 is 0 Å². The molecular formula is C19H20N4O. The maximum atomic E-state index is 5.80. The van der Waals surface area contributed by atoms with Gasteiger partial charge in [0.1, 0.15) is 5.82 Å². The van der Waals surface area contributed by atoms with Crippen molar-refractivity contribution in [1.82, 2.24) is 15.0 Å². The third kappa shape index (κ3) is 2.95. The number of hydrogen-bond donors (Lipinski definition) is 1. The molecule has 24 heavy (non-hydrogen) atoms. The first kappa shape index (κ1) is 15.0. The Kier molecular flexibility index (Phi) is 4.09. The van der Waals surface area contributed by atoms with E-state index in [2.05, 4.69) is 22.2 Å². The molecule has 4 rings (SSSR count). The van der Waals surface area contributed by atoms with Gasteiger partial charge in [0, 0.05) is 30.0 Å². The summed E-state index contributed by atoms with van der Waals surface area (Å²) in [6.07, 6.45) is 6.00. The molecule has 2 unspecified atom stereocenters. The van der Waals surface area contributed by atoms with E-state index in [1.807, 2.05) is 36.4 Å². The second kappa shape index (κ2) is 6.53. The molecule has 2 aromatic heterocycles. The SMILES string of the molecule is CC(Nc1nc(-c2cccnc2)nc2ccccc12)C1CCCO1. The van der Waals surface area contributed by atoms with Gasteiger partial charge in [0.05, 0.1) is 17.7 Å². The number of fused-ring (bicyclic) bond motifs is 1. The van der Waals surface area contributed by atoms with E-state index in [4.69, 9.17) is 9.72 Å². The zero-order valence-corrected chi connectivity index (χ0v) is 13.6. The van der Waals surface area contributed by atoms with Gasteiger partial charge in [-0.25, -0.2) is 9.97 Å². The van der Waals surface area contributed by atoms with Crippen LogP contribution in [0.3, 0.4) is 0 Å². The minimum Gasteiger partial charge on any atom is -0.376 e.